The molecule has 5 aromatic heterocycles. The smallest absolute Gasteiger partial charge is 0.407 e. The molecule has 2 aliphatic rings. The molecule has 0 radical (unpaired) electrons. The number of hydrogen-bond donors (Lipinski definition) is 4. The molecule has 0 aliphatic carbocycles. The highest BCUT2D eigenvalue weighted by Crippen LogP contribution is 2.47. The fraction of sp³-hybridized carbons (Fsp3) is 0.392. The van der Waals surface area contributed by atoms with E-state index in [0.717, 1.165) is 47.1 Å². The maximum Gasteiger partial charge on any atom is 0.407 e. The summed E-state index contributed by atoms with van der Waals surface area (Å²) in [6.45, 7) is 13.6. The van der Waals surface area contributed by atoms with Crippen LogP contribution in [0.5, 0.6) is 5.75 Å². The van der Waals surface area contributed by atoms with Crippen LogP contribution in [0.2, 0.25) is 0 Å². The summed E-state index contributed by atoms with van der Waals surface area (Å²) in [5.74, 6) is 1.30. The van der Waals surface area contributed by atoms with E-state index in [0.29, 0.717) is 77.6 Å². The first-order chi connectivity index (χ1) is 33.8. The van der Waals surface area contributed by atoms with Crippen molar-refractivity contribution in [3.05, 3.63) is 103 Å². The number of benzene rings is 2. The van der Waals surface area contributed by atoms with E-state index in [9.17, 15) is 19.2 Å². The number of fused-ring (bicyclic) bond motifs is 6. The lowest BCUT2D eigenvalue weighted by Gasteiger charge is -2.29. The molecular formula is C51H62FN11O7. The van der Waals surface area contributed by atoms with Crippen molar-refractivity contribution in [1.82, 2.24) is 54.3 Å². The summed E-state index contributed by atoms with van der Waals surface area (Å²) in [5, 5.41) is 5.98. The summed E-state index contributed by atoms with van der Waals surface area (Å²) in [6, 6.07) is 16.8. The Kier molecular flexibility index (Phi) is 16.2. The monoisotopic (exact) mass is 959 g/mol. The van der Waals surface area contributed by atoms with Gasteiger partial charge in [-0.05, 0) is 74.6 Å². The number of hydrogen-bond acceptors (Lipinski definition) is 10. The number of imidazole rings is 3. The average molecular weight is 960 g/mol. The maximum atomic E-state index is 16.6. The summed E-state index contributed by atoms with van der Waals surface area (Å²) in [7, 11) is 2.60. The van der Waals surface area contributed by atoms with Crippen LogP contribution < -0.4 is 15.4 Å². The molecular weight excluding hydrogens is 898 g/mol. The predicted octanol–water partition coefficient (Wildman–Crippen LogP) is 9.01. The van der Waals surface area contributed by atoms with Gasteiger partial charge in [0.25, 0.3) is 0 Å². The minimum atomic E-state index is -0.731. The van der Waals surface area contributed by atoms with E-state index in [-0.39, 0.29) is 30.6 Å². The summed E-state index contributed by atoms with van der Waals surface area (Å²) >= 11 is 0. The molecule has 2 aromatic carbocycles. The number of pyridine rings is 1. The summed E-state index contributed by atoms with van der Waals surface area (Å²) in [5.41, 5.74) is 5.93. The number of methoxy groups -OCH3 is 2. The number of halogens is 1. The second-order valence-electron chi connectivity index (χ2n) is 17.6. The highest BCUT2D eigenvalue weighted by atomic mass is 19.1. The molecule has 18 nitrogen and oxygen atoms in total. The first-order valence-electron chi connectivity index (χ1n) is 23.6. The van der Waals surface area contributed by atoms with E-state index in [1.165, 1.54) is 26.7 Å². The van der Waals surface area contributed by atoms with Gasteiger partial charge in [0.15, 0.2) is 0 Å². The van der Waals surface area contributed by atoms with E-state index in [1.807, 2.05) is 91.5 Å². The van der Waals surface area contributed by atoms with Gasteiger partial charge in [-0.15, -0.1) is 0 Å². The van der Waals surface area contributed by atoms with Gasteiger partial charge < -0.3 is 49.0 Å². The third-order valence-electron chi connectivity index (χ3n) is 12.1. The Labute approximate surface area is 405 Å². The zero-order chi connectivity index (χ0) is 50.1. The van der Waals surface area contributed by atoms with E-state index in [2.05, 4.69) is 53.9 Å². The van der Waals surface area contributed by atoms with Crippen molar-refractivity contribution >= 4 is 41.1 Å². The fourth-order valence-corrected chi connectivity index (χ4v) is 8.34. The SMILES string of the molecule is CCC.CCCN(C=O)Cc1ncc(-c2ccc3c(c2)cc2n3C(c3cn4ccccc4n3)Oc3cc(-c4cnc([C@@H]5CCCN5C(=O)CNC(=O)OC)[nH]4)cc(F)c3-2)[nH]1.COC(=O)NC(C)C(C)C. The number of nitrogens with zero attached hydrogens (tertiary/aromatic N) is 7. The highest BCUT2D eigenvalue weighted by molar-refractivity contribution is 5.92. The largest absolute Gasteiger partial charge is 0.463 e. The Morgan fingerprint density at radius 3 is 2.44 bits per heavy atom. The van der Waals surface area contributed by atoms with Crippen molar-refractivity contribution < 1.29 is 37.8 Å². The molecule has 4 N–H and O–H groups in total. The number of carbonyl (C=O) groups is 4. The summed E-state index contributed by atoms with van der Waals surface area (Å²) in [4.78, 5) is 70.7. The molecule has 0 bridgehead atoms. The normalized spacial score (nSPS) is 15.1. The Morgan fingerprint density at radius 1 is 0.971 bits per heavy atom. The number of aromatic nitrogens is 7. The second-order valence-corrected chi connectivity index (χ2v) is 17.6. The van der Waals surface area contributed by atoms with Gasteiger partial charge in [-0.3, -0.25) is 14.2 Å². The third kappa shape index (κ3) is 11.1. The summed E-state index contributed by atoms with van der Waals surface area (Å²) < 4.78 is 36.3. The van der Waals surface area contributed by atoms with Gasteiger partial charge in [0, 0.05) is 48.0 Å². The topological polar surface area (TPSA) is 206 Å². The van der Waals surface area contributed by atoms with E-state index in [4.69, 9.17) is 9.72 Å². The lowest BCUT2D eigenvalue weighted by molar-refractivity contribution is -0.131. The number of H-pyrrole nitrogens is 2. The molecule has 2 aliphatic heterocycles. The van der Waals surface area contributed by atoms with Crippen molar-refractivity contribution in [3.8, 4) is 39.5 Å². The van der Waals surface area contributed by atoms with Crippen molar-refractivity contribution in [1.29, 1.82) is 0 Å². The number of carbonyl (C=O) groups excluding carboxylic acids is 4. The predicted molar refractivity (Wildman–Crippen MR) is 263 cm³/mol. The maximum absolute atomic E-state index is 16.6. The molecule has 19 heteroatoms. The van der Waals surface area contributed by atoms with Crippen LogP contribution in [-0.2, 0) is 25.6 Å². The molecule has 9 rings (SSSR count). The van der Waals surface area contributed by atoms with Gasteiger partial charge in [0.2, 0.25) is 18.5 Å². The number of rotatable bonds is 13. The highest BCUT2D eigenvalue weighted by Gasteiger charge is 2.35. The number of aromatic amines is 2. The molecule has 0 saturated carbocycles. The fourth-order valence-electron chi connectivity index (χ4n) is 8.34. The number of likely N-dealkylation sites (tertiary alicyclic amines) is 1. The van der Waals surface area contributed by atoms with Crippen LogP contribution in [0.25, 0.3) is 50.3 Å². The van der Waals surface area contributed by atoms with Crippen LogP contribution in [0.15, 0.2) is 79.4 Å². The van der Waals surface area contributed by atoms with Crippen LogP contribution in [0, 0.1) is 11.7 Å². The average Bonchev–Trinajstić information content (AvgIpc) is 4.22. The quantitative estimate of drug-likeness (QED) is 0.0807. The zero-order valence-electron chi connectivity index (χ0n) is 40.9. The Morgan fingerprint density at radius 2 is 1.73 bits per heavy atom. The van der Waals surface area contributed by atoms with Gasteiger partial charge in [0.1, 0.15) is 41.1 Å². The minimum Gasteiger partial charge on any atom is -0.463 e. The van der Waals surface area contributed by atoms with Gasteiger partial charge in [0.05, 0.1) is 67.4 Å². The van der Waals surface area contributed by atoms with Gasteiger partial charge in [-0.2, -0.15) is 0 Å². The Bertz CT molecular complexity index is 2910. The lowest BCUT2D eigenvalue weighted by Crippen LogP contribution is -2.40. The van der Waals surface area contributed by atoms with Crippen molar-refractivity contribution in [2.45, 2.75) is 92.1 Å². The molecule has 1 fully saturated rings. The number of nitrogens with one attached hydrogen (secondary N) is 4. The molecule has 3 atom stereocenters. The van der Waals surface area contributed by atoms with Crippen LogP contribution >= 0.6 is 0 Å². The van der Waals surface area contributed by atoms with Crippen LogP contribution in [0.3, 0.4) is 0 Å². The van der Waals surface area contributed by atoms with Crippen molar-refractivity contribution in [2.75, 3.05) is 33.9 Å². The van der Waals surface area contributed by atoms with Crippen molar-refractivity contribution in [3.63, 3.8) is 0 Å². The van der Waals surface area contributed by atoms with E-state index in [1.54, 1.807) is 28.3 Å². The van der Waals surface area contributed by atoms with Crippen LogP contribution in [0.4, 0.5) is 14.0 Å². The molecule has 4 amide bonds. The lowest BCUT2D eigenvalue weighted by atomic mass is 10.0. The van der Waals surface area contributed by atoms with Gasteiger partial charge >= 0.3 is 12.2 Å². The van der Waals surface area contributed by atoms with Gasteiger partial charge in [-0.1, -0.05) is 53.2 Å². The minimum absolute atomic E-state index is 0.174. The van der Waals surface area contributed by atoms with Crippen LogP contribution in [-0.4, -0.2) is 108 Å². The Balaban J connectivity index is 0.000000492. The molecule has 70 heavy (non-hydrogen) atoms. The molecule has 1 saturated heterocycles. The van der Waals surface area contributed by atoms with E-state index < -0.39 is 18.1 Å². The van der Waals surface area contributed by atoms with Crippen LogP contribution in [0.1, 0.15) is 96.8 Å². The van der Waals surface area contributed by atoms with Gasteiger partial charge in [-0.25, -0.2) is 28.9 Å². The molecule has 7 heterocycles. The first kappa shape index (κ1) is 50.2. The Hall–Kier alpha value is -7.70. The standard InChI is InChI=1S/C41H39FN10O5.C7H15NO2.C3H8/c1-3-11-49(23-53)22-35-43-18-28(46-35)24-9-10-31-26(14-24)16-33-38-27(42)15-25(17-34(38)57-40(52(31)33)30-21-50-12-5-4-8-36(50)47-30)29-19-44-39(48-29)32-7-6-13-51(32)37(54)20-45-41(55)56-2;1-5(2)6(3)8-7(9)10-4;1-3-2/h4-5,8-10,12,14-19,21,23,32,40H,3,6-7,11,13,20,22H2,1-2H3,(H,43,46)(H,44,48)(H,45,55);5-6H,1-4H3,(H,8,9);3H2,1-2H3/t32-,40?;;/m0../s1. The number of alkyl carbamates (subject to hydrolysis) is 2. The second kappa shape index (κ2) is 22.6. The molecule has 7 aromatic rings. The molecule has 370 valence electrons. The number of ether oxygens (including phenoxy) is 3. The third-order valence-corrected chi connectivity index (χ3v) is 12.1. The summed E-state index contributed by atoms with van der Waals surface area (Å²) in [6.07, 6.45) is 9.84. The molecule has 0 spiro atoms. The van der Waals surface area contributed by atoms with E-state index >= 15 is 4.39 Å². The zero-order valence-corrected chi connectivity index (χ0v) is 40.9. The van der Waals surface area contributed by atoms with Crippen molar-refractivity contribution in [2.24, 2.45) is 5.92 Å². The molecule has 2 unspecified atom stereocenters. The number of amides is 4. The first-order valence-corrected chi connectivity index (χ1v) is 23.6.